The second kappa shape index (κ2) is 35.3. The number of halogens is 17. The van der Waals surface area contributed by atoms with E-state index in [0.717, 1.165) is 67.4 Å². The molecular formula is C76H99ClF16O2. The van der Waals surface area contributed by atoms with Crippen molar-refractivity contribution < 1.29 is 79.0 Å². The van der Waals surface area contributed by atoms with E-state index < -0.39 is 86.8 Å². The maximum atomic E-state index is 13.3. The summed E-state index contributed by atoms with van der Waals surface area (Å²) < 4.78 is 209. The lowest BCUT2D eigenvalue weighted by Crippen LogP contribution is -2.15. The van der Waals surface area contributed by atoms with E-state index in [4.69, 9.17) is 11.6 Å². The first-order chi connectivity index (χ1) is 42.7. The molecule has 534 valence electrons. The van der Waals surface area contributed by atoms with Crippen molar-refractivity contribution in [2.24, 2.45) is 0 Å². The molecule has 8 rings (SSSR count). The minimum absolute atomic E-state index is 0.144. The van der Waals surface area contributed by atoms with Crippen LogP contribution >= 0.6 is 11.6 Å². The van der Waals surface area contributed by atoms with Gasteiger partial charge in [-0.1, -0.05) is 191 Å². The Morgan fingerprint density at radius 2 is 0.568 bits per heavy atom. The van der Waals surface area contributed by atoms with E-state index in [9.17, 15) is 70.2 Å². The fraction of sp³-hybridized carbons (Fsp3) is 0.500. The molecule has 0 spiro atoms. The van der Waals surface area contributed by atoms with Crippen LogP contribution in [0.1, 0.15) is 217 Å². The molecule has 0 saturated carbocycles. The number of alkyl halides is 9. The summed E-state index contributed by atoms with van der Waals surface area (Å²) in [6, 6.07) is 20.6. The molecule has 95 heavy (non-hydrogen) atoms. The first-order valence-corrected chi connectivity index (χ1v) is 31.3. The molecule has 0 radical (unpaired) electrons. The van der Waals surface area contributed by atoms with Crippen molar-refractivity contribution in [1.29, 1.82) is 0 Å². The van der Waals surface area contributed by atoms with E-state index in [-0.39, 0.29) is 32.2 Å². The van der Waals surface area contributed by atoms with Crippen LogP contribution in [0.25, 0.3) is 0 Å². The Labute approximate surface area is 560 Å². The Kier molecular flexibility index (Phi) is 32.4. The molecule has 2 aliphatic rings. The van der Waals surface area contributed by atoms with Gasteiger partial charge in [0.2, 0.25) is 0 Å². The van der Waals surface area contributed by atoms with E-state index in [1.165, 1.54) is 80.3 Å². The topological polar surface area (TPSA) is 5.40 Å². The van der Waals surface area contributed by atoms with Crippen molar-refractivity contribution in [2.45, 2.75) is 222 Å². The standard InChI is InChI=1S/3C12H15F3.C10H11ClF2.C10H11F3.C10H12F2.2C5H10O/c3*1-8-5-9(11(2,3)4)7-10(6-8)12(13,14)15;1-10(2,3)9-7(11)4-6(12)5-8(9)13;1-10(2,3)6-4-7(11)9(13)8(12)5-6;1-10(2,3)9-7(11)5-4-6-8(9)12;2*1-6-4-2-3-5-6/h3*5-7H,1-4H3;2*4-5H,1-3H3;4-6H,1-3H3;2*1-5H2. The molecule has 0 amide bonds. The van der Waals surface area contributed by atoms with Crippen LogP contribution in [0, 0.1) is 75.7 Å². The van der Waals surface area contributed by atoms with Crippen molar-refractivity contribution in [1.82, 2.24) is 0 Å². The number of benzene rings is 6. The average molecular weight is 1380 g/mol. The molecule has 6 aromatic carbocycles. The van der Waals surface area contributed by atoms with Gasteiger partial charge in [0.05, 0.1) is 21.7 Å². The lowest BCUT2D eigenvalue weighted by Gasteiger charge is -2.21. The van der Waals surface area contributed by atoms with E-state index in [1.54, 1.807) is 80.5 Å². The molecule has 0 unspecified atom stereocenters. The third-order valence-corrected chi connectivity index (χ3v) is 14.7. The van der Waals surface area contributed by atoms with Gasteiger partial charge in [-0.3, -0.25) is 0 Å². The third kappa shape index (κ3) is 31.7. The van der Waals surface area contributed by atoms with Crippen LogP contribution in [-0.2, 0) is 59.8 Å². The molecular weight excluding hydrogens is 1280 g/mol. The van der Waals surface area contributed by atoms with Gasteiger partial charge in [-0.25, -0.2) is 30.7 Å². The highest BCUT2D eigenvalue weighted by molar-refractivity contribution is 6.31. The van der Waals surface area contributed by atoms with Crippen LogP contribution in [0.5, 0.6) is 0 Å². The fourth-order valence-electron chi connectivity index (χ4n) is 9.03. The van der Waals surface area contributed by atoms with Crippen molar-refractivity contribution in [3.8, 4) is 0 Å². The van der Waals surface area contributed by atoms with Gasteiger partial charge in [0.25, 0.3) is 0 Å². The maximum Gasteiger partial charge on any atom is 0.416 e. The van der Waals surface area contributed by atoms with Crippen LogP contribution in [0.3, 0.4) is 0 Å². The van der Waals surface area contributed by atoms with E-state index in [1.807, 2.05) is 83.1 Å². The van der Waals surface area contributed by atoms with Crippen molar-refractivity contribution in [3.05, 3.63) is 224 Å². The molecule has 0 atom stereocenters. The summed E-state index contributed by atoms with van der Waals surface area (Å²) in [6.45, 7) is 43.0. The molecule has 2 heterocycles. The van der Waals surface area contributed by atoms with Gasteiger partial charge in [-0.05, 0) is 142 Å². The van der Waals surface area contributed by atoms with Crippen molar-refractivity contribution in [3.63, 3.8) is 0 Å². The van der Waals surface area contributed by atoms with E-state index >= 15 is 0 Å². The summed E-state index contributed by atoms with van der Waals surface area (Å²) in [5.74, 6) is -5.85. The van der Waals surface area contributed by atoms with Gasteiger partial charge < -0.3 is 8.73 Å². The Morgan fingerprint density at radius 3 is 0.768 bits per heavy atom. The van der Waals surface area contributed by atoms with Crippen LogP contribution in [0.2, 0.25) is 5.02 Å². The summed E-state index contributed by atoms with van der Waals surface area (Å²) in [5.41, 5.74) is 1.33. The number of hydrogen-bond acceptors (Lipinski definition) is 0. The van der Waals surface area contributed by atoms with E-state index in [2.05, 4.69) is 23.0 Å². The average Bonchev–Trinajstić information content (AvgIpc) is 1.08. The normalized spacial score (nSPS) is 14.1. The molecule has 0 aromatic heterocycles. The summed E-state index contributed by atoms with van der Waals surface area (Å²) >= 11 is 5.74. The molecule has 2 nitrogen and oxygen atoms in total. The Morgan fingerprint density at radius 1 is 0.316 bits per heavy atom. The highest BCUT2D eigenvalue weighted by atomic mass is 35.5. The SMILES string of the molecule is CC(C)(C)c1c(F)cc(F)cc1Cl.CC(C)(C)c1c(F)cccc1F.CC(C)(C)c1cc(F)c(F)c(F)c1.Cc1cc(C(C)(C)C)cc(C(F)(F)F)c1.Cc1cc(C(C)(C)C)cc(C(F)(F)F)c1.Cc1cc(C(C)(C)C)cc(C(F)(F)F)c1.[CH2-][O+]1CCCC1.[CH2-][O+]1CCCC1. The smallest absolute Gasteiger partial charge is 0.416 e. The van der Waals surface area contributed by atoms with Gasteiger partial charge in [-0.15, -0.1) is 0 Å². The highest BCUT2D eigenvalue weighted by Crippen LogP contribution is 2.38. The molecule has 0 N–H and O–H groups in total. The van der Waals surface area contributed by atoms with Crippen molar-refractivity contribution in [2.75, 3.05) is 26.4 Å². The lowest BCUT2D eigenvalue weighted by molar-refractivity contribution is -0.138. The molecule has 0 aliphatic carbocycles. The summed E-state index contributed by atoms with van der Waals surface area (Å²) in [5, 5.41) is 0.144. The minimum atomic E-state index is -4.26. The second-order valence-electron chi connectivity index (χ2n) is 29.8. The third-order valence-electron chi connectivity index (χ3n) is 14.4. The molecule has 2 fully saturated rings. The minimum Gasteiger partial charge on any atom is -0.570 e. The summed E-state index contributed by atoms with van der Waals surface area (Å²) in [6.07, 6.45) is -7.52. The Bertz CT molecular complexity index is 2990. The zero-order chi connectivity index (χ0) is 74.2. The monoisotopic (exact) mass is 1380 g/mol. The van der Waals surface area contributed by atoms with Gasteiger partial charge in [0.15, 0.2) is 17.5 Å². The number of rotatable bonds is 0. The van der Waals surface area contributed by atoms with Gasteiger partial charge in [0, 0.05) is 42.9 Å². The lowest BCUT2D eigenvalue weighted by atomic mass is 9.85. The first-order valence-electron chi connectivity index (χ1n) is 30.9. The van der Waals surface area contributed by atoms with E-state index in [0.29, 0.717) is 27.8 Å². The molecule has 2 aliphatic heterocycles. The van der Waals surface area contributed by atoms with Crippen LogP contribution in [0.4, 0.5) is 70.2 Å². The molecule has 0 bridgehead atoms. The Balaban J connectivity index is 0.000000551. The van der Waals surface area contributed by atoms with Crippen LogP contribution in [-0.4, -0.2) is 26.4 Å². The molecule has 19 heteroatoms. The summed E-state index contributed by atoms with van der Waals surface area (Å²) in [7, 11) is 7.38. The second-order valence-corrected chi connectivity index (χ2v) is 30.2. The highest BCUT2D eigenvalue weighted by Gasteiger charge is 2.35. The number of aryl methyl sites for hydroxylation is 3. The molecule has 2 saturated heterocycles. The quantitative estimate of drug-likeness (QED) is 0.0618. The van der Waals surface area contributed by atoms with Crippen molar-refractivity contribution >= 4 is 11.6 Å². The van der Waals surface area contributed by atoms with Gasteiger partial charge in [-0.2, -0.15) is 39.5 Å². The van der Waals surface area contributed by atoms with Crippen LogP contribution < -0.4 is 0 Å². The van der Waals surface area contributed by atoms with Gasteiger partial charge >= 0.3 is 18.5 Å². The Hall–Kier alpha value is -5.59. The van der Waals surface area contributed by atoms with Crippen LogP contribution in [0.15, 0.2) is 97.1 Å². The maximum absolute atomic E-state index is 13.3. The zero-order valence-electron chi connectivity index (χ0n) is 59.1. The zero-order valence-corrected chi connectivity index (χ0v) is 59.8. The summed E-state index contributed by atoms with van der Waals surface area (Å²) in [4.78, 5) is 0. The molecule has 6 aromatic rings. The number of hydrogen-bond donors (Lipinski definition) is 0. The predicted molar refractivity (Wildman–Crippen MR) is 356 cm³/mol. The predicted octanol–water partition coefficient (Wildman–Crippen LogP) is 25.8. The fourth-order valence-corrected chi connectivity index (χ4v) is 9.51. The van der Waals surface area contributed by atoms with Gasteiger partial charge in [0.1, 0.15) is 49.7 Å². The largest absolute Gasteiger partial charge is 0.570 e. The first kappa shape index (κ1) is 87.4.